The van der Waals surface area contributed by atoms with Crippen LogP contribution < -0.4 is 0 Å². The smallest absolute Gasteiger partial charge is 0.141 e. The molecule has 28 heavy (non-hydrogen) atoms. The van der Waals surface area contributed by atoms with Crippen molar-refractivity contribution in [1.82, 2.24) is 0 Å². The maximum absolute atomic E-state index is 13.9. The van der Waals surface area contributed by atoms with Gasteiger partial charge in [-0.1, -0.05) is 57.4 Å². The molecule has 0 spiro atoms. The number of rotatable bonds is 5. The Bertz CT molecular complexity index is 668. The quantitative estimate of drug-likeness (QED) is 0.511. The normalized spacial score (nSPS) is 31.6. The van der Waals surface area contributed by atoms with Gasteiger partial charge >= 0.3 is 0 Å². The van der Waals surface area contributed by atoms with Crippen molar-refractivity contribution in [2.24, 2.45) is 23.7 Å². The fraction of sp³-hybridized carbons (Fsp3) is 0.731. The number of nitrogens with zero attached hydrogens (tertiary/aromatic N) is 1. The van der Waals surface area contributed by atoms with E-state index in [1.807, 2.05) is 12.1 Å². The third-order valence-electron chi connectivity index (χ3n) is 8.37. The molecule has 1 aromatic carbocycles. The Hall–Kier alpha value is -1.36. The van der Waals surface area contributed by atoms with Crippen LogP contribution in [0.1, 0.15) is 107 Å². The van der Waals surface area contributed by atoms with Gasteiger partial charge in [0.25, 0.3) is 0 Å². The summed E-state index contributed by atoms with van der Waals surface area (Å²) in [5, 5.41) is 8.92. The average molecular weight is 382 g/mol. The van der Waals surface area contributed by atoms with Crippen molar-refractivity contribution in [3.05, 3.63) is 35.1 Å². The fourth-order valence-corrected chi connectivity index (χ4v) is 6.52. The van der Waals surface area contributed by atoms with Gasteiger partial charge in [0.2, 0.25) is 0 Å². The summed E-state index contributed by atoms with van der Waals surface area (Å²) < 4.78 is 13.9. The van der Waals surface area contributed by atoms with Crippen molar-refractivity contribution >= 4 is 0 Å². The summed E-state index contributed by atoms with van der Waals surface area (Å²) in [6, 6.07) is 7.17. The van der Waals surface area contributed by atoms with Crippen molar-refractivity contribution in [1.29, 1.82) is 5.26 Å². The topological polar surface area (TPSA) is 23.8 Å². The van der Waals surface area contributed by atoms with Crippen molar-refractivity contribution in [3.63, 3.8) is 0 Å². The highest BCUT2D eigenvalue weighted by atomic mass is 19.1. The lowest BCUT2D eigenvalue weighted by Crippen LogP contribution is -2.25. The van der Waals surface area contributed by atoms with Gasteiger partial charge in [-0.2, -0.15) is 5.26 Å². The Balaban J connectivity index is 1.20. The van der Waals surface area contributed by atoms with Crippen LogP contribution in [-0.4, -0.2) is 0 Å². The van der Waals surface area contributed by atoms with E-state index in [0.29, 0.717) is 5.92 Å². The fourth-order valence-electron chi connectivity index (χ4n) is 6.52. The third-order valence-corrected chi connectivity index (χ3v) is 8.37. The summed E-state index contributed by atoms with van der Waals surface area (Å²) in [4.78, 5) is 0. The standard InChI is InChI=1S/C26H36FN/c27-26-17-24(15-16-25(26)18-28)23-13-11-22(12-14-23)21-9-7-20(8-10-21)6-5-19-3-1-2-4-19/h15-17,19-23H,1-14H2. The zero-order valence-corrected chi connectivity index (χ0v) is 17.3. The highest BCUT2D eigenvalue weighted by Gasteiger charge is 2.31. The van der Waals surface area contributed by atoms with Gasteiger partial charge in [0.15, 0.2) is 0 Å². The summed E-state index contributed by atoms with van der Waals surface area (Å²) in [6.07, 6.45) is 19.8. The molecule has 3 fully saturated rings. The summed E-state index contributed by atoms with van der Waals surface area (Å²) in [7, 11) is 0. The van der Waals surface area contributed by atoms with E-state index in [9.17, 15) is 4.39 Å². The van der Waals surface area contributed by atoms with Crippen molar-refractivity contribution in [2.45, 2.75) is 95.8 Å². The number of halogens is 1. The Morgan fingerprint density at radius 2 is 1.36 bits per heavy atom. The monoisotopic (exact) mass is 381 g/mol. The zero-order chi connectivity index (χ0) is 19.3. The van der Waals surface area contributed by atoms with Crippen LogP contribution in [0.25, 0.3) is 0 Å². The highest BCUT2D eigenvalue weighted by Crippen LogP contribution is 2.45. The first-order chi connectivity index (χ1) is 13.7. The molecule has 0 atom stereocenters. The summed E-state index contributed by atoms with van der Waals surface area (Å²) >= 11 is 0. The molecule has 3 aliphatic carbocycles. The molecule has 2 heteroatoms. The lowest BCUT2D eigenvalue weighted by Gasteiger charge is -2.38. The minimum absolute atomic E-state index is 0.169. The van der Waals surface area contributed by atoms with Crippen molar-refractivity contribution in [3.8, 4) is 6.07 Å². The first-order valence-electron chi connectivity index (χ1n) is 11.9. The summed E-state index contributed by atoms with van der Waals surface area (Å²) in [5.41, 5.74) is 1.27. The van der Waals surface area contributed by atoms with Crippen LogP contribution in [0.4, 0.5) is 4.39 Å². The number of nitriles is 1. The number of hydrogen-bond acceptors (Lipinski definition) is 1. The first kappa shape index (κ1) is 19.9. The van der Waals surface area contributed by atoms with Gasteiger partial charge in [-0.3, -0.25) is 0 Å². The summed E-state index contributed by atoms with van der Waals surface area (Å²) in [6.45, 7) is 0. The number of hydrogen-bond donors (Lipinski definition) is 0. The van der Waals surface area contributed by atoms with Gasteiger partial charge in [-0.25, -0.2) is 4.39 Å². The second kappa shape index (κ2) is 9.43. The van der Waals surface area contributed by atoms with Crippen molar-refractivity contribution in [2.75, 3.05) is 0 Å². The molecular formula is C26H36FN. The van der Waals surface area contributed by atoms with Gasteiger partial charge < -0.3 is 0 Å². The second-order valence-electron chi connectivity index (χ2n) is 9.97. The van der Waals surface area contributed by atoms with E-state index in [4.69, 9.17) is 5.26 Å². The lowest BCUT2D eigenvalue weighted by atomic mass is 9.68. The van der Waals surface area contributed by atoms with E-state index in [-0.39, 0.29) is 11.4 Å². The second-order valence-corrected chi connectivity index (χ2v) is 9.97. The molecule has 1 nitrogen and oxygen atoms in total. The molecule has 152 valence electrons. The van der Waals surface area contributed by atoms with E-state index in [2.05, 4.69) is 0 Å². The number of benzene rings is 1. The van der Waals surface area contributed by atoms with Crippen LogP contribution in [0.15, 0.2) is 18.2 Å². The SMILES string of the molecule is N#Cc1ccc(C2CCC(C3CCC(CCC4CCCC4)CC3)CC2)cc1F. The Morgan fingerprint density at radius 1 is 0.786 bits per heavy atom. The van der Waals surface area contributed by atoms with Gasteiger partial charge in [0.1, 0.15) is 11.9 Å². The molecule has 0 bridgehead atoms. The van der Waals surface area contributed by atoms with Crippen LogP contribution in [0.2, 0.25) is 0 Å². The van der Waals surface area contributed by atoms with E-state index >= 15 is 0 Å². The largest absolute Gasteiger partial charge is 0.206 e. The minimum Gasteiger partial charge on any atom is -0.206 e. The predicted molar refractivity (Wildman–Crippen MR) is 112 cm³/mol. The van der Waals surface area contributed by atoms with Crippen LogP contribution in [-0.2, 0) is 0 Å². The Labute approximate surface area is 170 Å². The maximum atomic E-state index is 13.9. The molecule has 0 unspecified atom stereocenters. The molecule has 0 heterocycles. The van der Waals surface area contributed by atoms with Crippen molar-refractivity contribution < 1.29 is 4.39 Å². The lowest BCUT2D eigenvalue weighted by molar-refractivity contribution is 0.153. The first-order valence-corrected chi connectivity index (χ1v) is 11.9. The van der Waals surface area contributed by atoms with Crippen LogP contribution in [0.5, 0.6) is 0 Å². The molecule has 3 saturated carbocycles. The van der Waals surface area contributed by atoms with Crippen LogP contribution in [0.3, 0.4) is 0 Å². The molecule has 4 rings (SSSR count). The highest BCUT2D eigenvalue weighted by molar-refractivity contribution is 5.34. The zero-order valence-electron chi connectivity index (χ0n) is 17.3. The van der Waals surface area contributed by atoms with E-state index in [1.165, 1.54) is 89.9 Å². The molecular weight excluding hydrogens is 345 g/mol. The summed E-state index contributed by atoms with van der Waals surface area (Å²) in [5.74, 6) is 4.05. The molecule has 0 amide bonds. The molecule has 1 aromatic rings. The molecule has 0 saturated heterocycles. The Kier molecular flexibility index (Phi) is 6.71. The van der Waals surface area contributed by atoms with Crippen LogP contribution >= 0.6 is 0 Å². The predicted octanol–water partition coefficient (Wildman–Crippen LogP) is 7.75. The minimum atomic E-state index is -0.349. The molecule has 0 radical (unpaired) electrons. The van der Waals surface area contributed by atoms with E-state index in [1.54, 1.807) is 12.1 Å². The van der Waals surface area contributed by atoms with Gasteiger partial charge in [-0.15, -0.1) is 0 Å². The maximum Gasteiger partial charge on any atom is 0.141 e. The molecule has 0 aromatic heterocycles. The average Bonchev–Trinajstić information content (AvgIpc) is 3.26. The van der Waals surface area contributed by atoms with Gasteiger partial charge in [-0.05, 0) is 85.8 Å². The molecule has 0 N–H and O–H groups in total. The molecule has 3 aliphatic rings. The van der Waals surface area contributed by atoms with E-state index in [0.717, 1.165) is 29.2 Å². The Morgan fingerprint density at radius 3 is 1.93 bits per heavy atom. The van der Waals surface area contributed by atoms with Crippen LogP contribution in [0, 0.1) is 40.8 Å². The molecule has 0 aliphatic heterocycles. The van der Waals surface area contributed by atoms with Gasteiger partial charge in [0.05, 0.1) is 5.56 Å². The van der Waals surface area contributed by atoms with Gasteiger partial charge in [0, 0.05) is 0 Å². The van der Waals surface area contributed by atoms with E-state index < -0.39 is 0 Å². The third kappa shape index (κ3) is 4.79.